The zero-order valence-corrected chi connectivity index (χ0v) is 14.9. The molecule has 0 aromatic heterocycles. The van der Waals surface area contributed by atoms with E-state index < -0.39 is 11.6 Å². The minimum atomic E-state index is -0.660. The average molecular weight is 330 g/mol. The summed E-state index contributed by atoms with van der Waals surface area (Å²) >= 11 is 0. The third kappa shape index (κ3) is 3.48. The second-order valence-corrected chi connectivity index (χ2v) is 7.34. The van der Waals surface area contributed by atoms with E-state index in [0.717, 1.165) is 62.5 Å². The summed E-state index contributed by atoms with van der Waals surface area (Å²) in [6.07, 6.45) is 12.4. The molecule has 0 nitrogen and oxygen atoms in total. The van der Waals surface area contributed by atoms with E-state index in [0.29, 0.717) is 23.0 Å². The molecule has 1 aromatic carbocycles. The summed E-state index contributed by atoms with van der Waals surface area (Å²) in [7, 11) is 0. The number of benzene rings is 1. The minimum absolute atomic E-state index is 0.466. The lowest BCUT2D eigenvalue weighted by atomic mass is 9.83. The van der Waals surface area contributed by atoms with Crippen LogP contribution in [0.1, 0.15) is 76.3 Å². The molecular weight excluding hydrogens is 302 g/mol. The second kappa shape index (κ2) is 7.63. The molecule has 0 saturated heterocycles. The molecule has 2 aliphatic carbocycles. The van der Waals surface area contributed by atoms with E-state index in [-0.39, 0.29) is 0 Å². The summed E-state index contributed by atoms with van der Waals surface area (Å²) in [6, 6.07) is 3.58. The number of allylic oxidation sites excluding steroid dienone is 4. The molecule has 2 atom stereocenters. The highest BCUT2D eigenvalue weighted by Gasteiger charge is 2.22. The van der Waals surface area contributed by atoms with Gasteiger partial charge >= 0.3 is 0 Å². The van der Waals surface area contributed by atoms with Gasteiger partial charge in [0.05, 0.1) is 0 Å². The Bertz CT molecular complexity index is 597. The molecule has 2 heteroatoms. The molecule has 0 fully saturated rings. The van der Waals surface area contributed by atoms with E-state index in [2.05, 4.69) is 26.0 Å². The van der Waals surface area contributed by atoms with Crippen molar-refractivity contribution in [3.05, 3.63) is 47.0 Å². The summed E-state index contributed by atoms with van der Waals surface area (Å²) in [6.45, 7) is 4.39. The summed E-state index contributed by atoms with van der Waals surface area (Å²) in [5.41, 5.74) is 2.89. The van der Waals surface area contributed by atoms with Crippen LogP contribution in [0.3, 0.4) is 0 Å². The molecule has 0 spiro atoms. The molecule has 0 aliphatic heterocycles. The Balaban J connectivity index is 1.85. The van der Waals surface area contributed by atoms with Gasteiger partial charge in [-0.15, -0.1) is 0 Å². The SMILES string of the molecule is CCC1CC=C(c2ccc(C3=CCC(CC)CC3)c(F)c2F)CC1. The monoisotopic (exact) mass is 330 g/mol. The molecule has 0 amide bonds. The molecule has 2 aliphatic rings. The first-order chi connectivity index (χ1) is 11.6. The van der Waals surface area contributed by atoms with Crippen molar-refractivity contribution in [2.24, 2.45) is 11.8 Å². The van der Waals surface area contributed by atoms with E-state index >= 15 is 0 Å². The first kappa shape index (κ1) is 17.4. The van der Waals surface area contributed by atoms with Gasteiger partial charge in [0.25, 0.3) is 0 Å². The Morgan fingerprint density at radius 3 is 1.50 bits per heavy atom. The van der Waals surface area contributed by atoms with Crippen LogP contribution in [0.4, 0.5) is 8.78 Å². The van der Waals surface area contributed by atoms with Crippen LogP contribution in [-0.2, 0) is 0 Å². The van der Waals surface area contributed by atoms with Gasteiger partial charge in [-0.05, 0) is 61.5 Å². The summed E-state index contributed by atoms with van der Waals surface area (Å²) < 4.78 is 29.4. The van der Waals surface area contributed by atoms with Gasteiger partial charge in [-0.25, -0.2) is 8.78 Å². The van der Waals surface area contributed by atoms with Gasteiger partial charge in [0, 0.05) is 11.1 Å². The second-order valence-electron chi connectivity index (χ2n) is 7.34. The molecule has 0 N–H and O–H groups in total. The van der Waals surface area contributed by atoms with Crippen LogP contribution in [0.2, 0.25) is 0 Å². The van der Waals surface area contributed by atoms with E-state index in [1.54, 1.807) is 12.1 Å². The van der Waals surface area contributed by atoms with Crippen LogP contribution >= 0.6 is 0 Å². The van der Waals surface area contributed by atoms with Crippen molar-refractivity contribution < 1.29 is 8.78 Å². The van der Waals surface area contributed by atoms with Crippen LogP contribution in [-0.4, -0.2) is 0 Å². The Labute approximate surface area is 144 Å². The van der Waals surface area contributed by atoms with Gasteiger partial charge in [0.15, 0.2) is 11.6 Å². The quantitative estimate of drug-likeness (QED) is 0.550. The van der Waals surface area contributed by atoms with Crippen LogP contribution < -0.4 is 0 Å². The molecular formula is C22H28F2. The van der Waals surface area contributed by atoms with E-state index in [4.69, 9.17) is 0 Å². The highest BCUT2D eigenvalue weighted by molar-refractivity contribution is 5.72. The zero-order valence-electron chi connectivity index (χ0n) is 14.9. The largest absolute Gasteiger partial charge is 0.203 e. The fraction of sp³-hybridized carbons (Fsp3) is 0.545. The van der Waals surface area contributed by atoms with Crippen molar-refractivity contribution in [1.29, 1.82) is 0 Å². The lowest BCUT2D eigenvalue weighted by molar-refractivity contribution is 0.464. The first-order valence-corrected chi connectivity index (χ1v) is 9.50. The minimum Gasteiger partial charge on any atom is -0.203 e. The van der Waals surface area contributed by atoms with Crippen molar-refractivity contribution in [1.82, 2.24) is 0 Å². The Morgan fingerprint density at radius 1 is 0.792 bits per heavy atom. The Hall–Kier alpha value is -1.44. The van der Waals surface area contributed by atoms with Crippen molar-refractivity contribution in [3.63, 3.8) is 0 Å². The molecule has 130 valence electrons. The summed E-state index contributed by atoms with van der Waals surface area (Å²) in [5, 5.41) is 0. The van der Waals surface area contributed by atoms with Gasteiger partial charge in [-0.2, -0.15) is 0 Å². The highest BCUT2D eigenvalue weighted by Crippen LogP contribution is 2.37. The molecule has 0 heterocycles. The van der Waals surface area contributed by atoms with Crippen LogP contribution in [0, 0.1) is 23.5 Å². The van der Waals surface area contributed by atoms with Gasteiger partial charge in [0.2, 0.25) is 0 Å². The normalized spacial score (nSPS) is 24.5. The predicted molar refractivity (Wildman–Crippen MR) is 97.6 cm³/mol. The smallest absolute Gasteiger partial charge is 0.166 e. The van der Waals surface area contributed by atoms with Crippen LogP contribution in [0.5, 0.6) is 0 Å². The van der Waals surface area contributed by atoms with E-state index in [1.165, 1.54) is 0 Å². The maximum Gasteiger partial charge on any atom is 0.166 e. The molecule has 1 aromatic rings. The van der Waals surface area contributed by atoms with Crippen LogP contribution in [0.25, 0.3) is 11.1 Å². The molecule has 24 heavy (non-hydrogen) atoms. The highest BCUT2D eigenvalue weighted by atomic mass is 19.2. The third-order valence-electron chi connectivity index (χ3n) is 5.97. The number of rotatable bonds is 4. The maximum absolute atomic E-state index is 14.7. The number of halogens is 2. The van der Waals surface area contributed by atoms with E-state index in [1.807, 2.05) is 0 Å². The lowest BCUT2D eigenvalue weighted by Crippen LogP contribution is -2.08. The average Bonchev–Trinajstić information content (AvgIpc) is 2.64. The van der Waals surface area contributed by atoms with Crippen molar-refractivity contribution in [3.8, 4) is 0 Å². The van der Waals surface area contributed by atoms with Crippen LogP contribution in [0.15, 0.2) is 24.3 Å². The summed E-state index contributed by atoms with van der Waals surface area (Å²) in [5.74, 6) is 0.0686. The molecule has 0 saturated carbocycles. The molecule has 3 rings (SSSR count). The summed E-state index contributed by atoms with van der Waals surface area (Å²) in [4.78, 5) is 0. The van der Waals surface area contributed by atoms with Crippen molar-refractivity contribution in [2.45, 2.75) is 65.2 Å². The van der Waals surface area contributed by atoms with Gasteiger partial charge in [-0.3, -0.25) is 0 Å². The molecule has 0 bridgehead atoms. The first-order valence-electron chi connectivity index (χ1n) is 9.50. The molecule has 2 unspecified atom stereocenters. The van der Waals surface area contributed by atoms with Crippen molar-refractivity contribution >= 4 is 11.1 Å². The zero-order chi connectivity index (χ0) is 17.1. The fourth-order valence-corrected chi connectivity index (χ4v) is 4.05. The number of hydrogen-bond acceptors (Lipinski definition) is 0. The Kier molecular flexibility index (Phi) is 5.53. The van der Waals surface area contributed by atoms with E-state index in [9.17, 15) is 8.78 Å². The molecule has 0 radical (unpaired) electrons. The topological polar surface area (TPSA) is 0 Å². The standard InChI is InChI=1S/C22H28F2/c1-3-15-5-9-17(10-6-15)19-13-14-20(22(24)21(19)23)18-11-7-16(4-2)8-12-18/h9,11,13-16H,3-8,10,12H2,1-2H3. The Morgan fingerprint density at radius 2 is 1.21 bits per heavy atom. The number of hydrogen-bond donors (Lipinski definition) is 0. The van der Waals surface area contributed by atoms with Gasteiger partial charge < -0.3 is 0 Å². The lowest BCUT2D eigenvalue weighted by Gasteiger charge is -2.23. The van der Waals surface area contributed by atoms with Gasteiger partial charge in [-0.1, -0.05) is 51.0 Å². The maximum atomic E-state index is 14.7. The van der Waals surface area contributed by atoms with Gasteiger partial charge in [0.1, 0.15) is 0 Å². The van der Waals surface area contributed by atoms with Crippen molar-refractivity contribution in [2.75, 3.05) is 0 Å². The predicted octanol–water partition coefficient (Wildman–Crippen LogP) is 7.15. The fourth-order valence-electron chi connectivity index (χ4n) is 4.05. The third-order valence-corrected chi connectivity index (χ3v) is 5.97.